The average Bonchev–Trinajstić information content (AvgIpc) is 2.84. The smallest absolute Gasteiger partial charge is 0.152 e. The second-order valence-corrected chi connectivity index (χ2v) is 4.30. The van der Waals surface area contributed by atoms with Crippen molar-refractivity contribution in [2.45, 2.75) is 6.61 Å². The van der Waals surface area contributed by atoms with Gasteiger partial charge in [-0.2, -0.15) is 4.73 Å². The van der Waals surface area contributed by atoms with Gasteiger partial charge in [-0.05, 0) is 11.6 Å². The third-order valence-corrected chi connectivity index (χ3v) is 3.05. The van der Waals surface area contributed by atoms with Gasteiger partial charge in [-0.3, -0.25) is 4.79 Å². The topological polar surface area (TPSA) is 31.2 Å². The Labute approximate surface area is 111 Å². The zero-order chi connectivity index (χ0) is 13.1. The van der Waals surface area contributed by atoms with Crippen LogP contribution in [-0.2, 0) is 6.61 Å². The Morgan fingerprint density at radius 3 is 2.53 bits per heavy atom. The molecule has 0 fully saturated rings. The summed E-state index contributed by atoms with van der Waals surface area (Å²) < 4.78 is 1.66. The molecule has 3 aromatic rings. The maximum Gasteiger partial charge on any atom is 0.152 e. The summed E-state index contributed by atoms with van der Waals surface area (Å²) in [6, 6.07) is 17.6. The molecular weight excluding hydrogens is 238 g/mol. The Hall–Kier alpha value is -2.55. The number of aldehydes is 1. The van der Waals surface area contributed by atoms with Gasteiger partial charge in [-0.1, -0.05) is 48.5 Å². The fourth-order valence-corrected chi connectivity index (χ4v) is 2.09. The number of carbonyl (C=O) groups is 1. The van der Waals surface area contributed by atoms with Crippen LogP contribution in [0.5, 0.6) is 0 Å². The minimum atomic E-state index is 0.470. The van der Waals surface area contributed by atoms with Crippen LogP contribution in [0.3, 0.4) is 0 Å². The molecule has 3 rings (SSSR count). The molecule has 0 amide bonds. The van der Waals surface area contributed by atoms with Crippen LogP contribution >= 0.6 is 0 Å². The van der Waals surface area contributed by atoms with Crippen molar-refractivity contribution >= 4 is 17.2 Å². The van der Waals surface area contributed by atoms with E-state index in [0.29, 0.717) is 12.2 Å². The zero-order valence-corrected chi connectivity index (χ0v) is 10.3. The monoisotopic (exact) mass is 251 g/mol. The van der Waals surface area contributed by atoms with Gasteiger partial charge < -0.3 is 4.84 Å². The number of fused-ring (bicyclic) bond motifs is 1. The van der Waals surface area contributed by atoms with E-state index in [1.54, 1.807) is 10.9 Å². The predicted octanol–water partition coefficient (Wildman–Crippen LogP) is 3.08. The number of aromatic nitrogens is 1. The second kappa shape index (κ2) is 4.98. The lowest BCUT2D eigenvalue weighted by Crippen LogP contribution is -2.09. The van der Waals surface area contributed by atoms with Crippen LogP contribution in [0.25, 0.3) is 10.9 Å². The van der Waals surface area contributed by atoms with Gasteiger partial charge in [0.25, 0.3) is 0 Å². The second-order valence-electron chi connectivity index (χ2n) is 4.30. The molecule has 0 saturated carbocycles. The third-order valence-electron chi connectivity index (χ3n) is 3.05. The molecule has 2 aromatic carbocycles. The van der Waals surface area contributed by atoms with E-state index in [0.717, 1.165) is 22.8 Å². The van der Waals surface area contributed by atoms with Crippen molar-refractivity contribution in [1.29, 1.82) is 0 Å². The van der Waals surface area contributed by atoms with Crippen LogP contribution in [0.1, 0.15) is 15.9 Å². The summed E-state index contributed by atoms with van der Waals surface area (Å²) >= 11 is 0. The maximum absolute atomic E-state index is 11.0. The molecule has 0 aliphatic carbocycles. The van der Waals surface area contributed by atoms with Gasteiger partial charge in [0.1, 0.15) is 6.61 Å². The van der Waals surface area contributed by atoms with E-state index in [9.17, 15) is 4.79 Å². The number of carbonyl (C=O) groups excluding carboxylic acids is 1. The number of nitrogens with zero attached hydrogens (tertiary/aromatic N) is 1. The first-order chi connectivity index (χ1) is 9.38. The average molecular weight is 251 g/mol. The molecule has 0 aliphatic heterocycles. The van der Waals surface area contributed by atoms with Gasteiger partial charge in [-0.25, -0.2) is 0 Å². The third kappa shape index (κ3) is 2.22. The minimum absolute atomic E-state index is 0.470. The molecule has 1 aromatic heterocycles. The van der Waals surface area contributed by atoms with Crippen LogP contribution in [0.2, 0.25) is 0 Å². The summed E-state index contributed by atoms with van der Waals surface area (Å²) in [6.45, 7) is 0.470. The van der Waals surface area contributed by atoms with E-state index in [2.05, 4.69) is 0 Å². The Morgan fingerprint density at radius 1 is 1.00 bits per heavy atom. The summed E-state index contributed by atoms with van der Waals surface area (Å²) in [6.07, 6.45) is 2.57. The number of para-hydroxylation sites is 1. The van der Waals surface area contributed by atoms with Gasteiger partial charge in [0.2, 0.25) is 0 Å². The van der Waals surface area contributed by atoms with Crippen molar-refractivity contribution in [3.8, 4) is 0 Å². The summed E-state index contributed by atoms with van der Waals surface area (Å²) in [7, 11) is 0. The largest absolute Gasteiger partial charge is 0.409 e. The van der Waals surface area contributed by atoms with E-state index in [-0.39, 0.29) is 0 Å². The number of rotatable bonds is 4. The van der Waals surface area contributed by atoms with Gasteiger partial charge >= 0.3 is 0 Å². The molecule has 19 heavy (non-hydrogen) atoms. The molecule has 0 radical (unpaired) electrons. The Bertz CT molecular complexity index is 701. The lowest BCUT2D eigenvalue weighted by Gasteiger charge is -2.07. The highest BCUT2D eigenvalue weighted by molar-refractivity contribution is 5.97. The minimum Gasteiger partial charge on any atom is -0.409 e. The van der Waals surface area contributed by atoms with E-state index in [1.807, 2.05) is 54.6 Å². The molecule has 0 N–H and O–H groups in total. The van der Waals surface area contributed by atoms with Gasteiger partial charge in [0.05, 0.1) is 11.7 Å². The normalized spacial score (nSPS) is 10.5. The Balaban J connectivity index is 1.91. The first-order valence-electron chi connectivity index (χ1n) is 6.11. The predicted molar refractivity (Wildman–Crippen MR) is 74.1 cm³/mol. The molecule has 3 heteroatoms. The molecule has 3 nitrogen and oxygen atoms in total. The van der Waals surface area contributed by atoms with E-state index < -0.39 is 0 Å². The summed E-state index contributed by atoms with van der Waals surface area (Å²) in [5.41, 5.74) is 2.64. The molecule has 0 saturated heterocycles. The molecular formula is C16H13NO2. The van der Waals surface area contributed by atoms with Crippen molar-refractivity contribution in [3.05, 3.63) is 71.9 Å². The fourth-order valence-electron chi connectivity index (χ4n) is 2.09. The van der Waals surface area contributed by atoms with Crippen LogP contribution in [-0.4, -0.2) is 11.0 Å². The first-order valence-corrected chi connectivity index (χ1v) is 6.11. The van der Waals surface area contributed by atoms with Gasteiger partial charge in [0.15, 0.2) is 6.29 Å². The fraction of sp³-hybridized carbons (Fsp3) is 0.0625. The van der Waals surface area contributed by atoms with Crippen LogP contribution in [0.4, 0.5) is 0 Å². The zero-order valence-electron chi connectivity index (χ0n) is 10.3. The van der Waals surface area contributed by atoms with Crippen LogP contribution in [0.15, 0.2) is 60.8 Å². The van der Waals surface area contributed by atoms with E-state index >= 15 is 0 Å². The molecule has 0 atom stereocenters. The van der Waals surface area contributed by atoms with Gasteiger partial charge in [-0.15, -0.1) is 0 Å². The lowest BCUT2D eigenvalue weighted by molar-refractivity contribution is 0.105. The van der Waals surface area contributed by atoms with E-state index in [4.69, 9.17) is 4.84 Å². The number of benzene rings is 2. The SMILES string of the molecule is O=Cc1cn(OCc2ccccc2)c2ccccc12. The highest BCUT2D eigenvalue weighted by Gasteiger charge is 2.07. The summed E-state index contributed by atoms with van der Waals surface area (Å²) in [4.78, 5) is 16.8. The van der Waals surface area contributed by atoms with Crippen molar-refractivity contribution in [3.63, 3.8) is 0 Å². The molecule has 0 aliphatic rings. The maximum atomic E-state index is 11.0. The molecule has 1 heterocycles. The standard InChI is InChI=1S/C16H13NO2/c18-11-14-10-17(16-9-5-4-8-15(14)16)19-12-13-6-2-1-3-7-13/h1-11H,12H2. The van der Waals surface area contributed by atoms with E-state index in [1.165, 1.54) is 0 Å². The molecule has 0 spiro atoms. The molecule has 0 bridgehead atoms. The van der Waals surface area contributed by atoms with Crippen LogP contribution < -0.4 is 4.84 Å². The molecule has 94 valence electrons. The quantitative estimate of drug-likeness (QED) is 0.667. The van der Waals surface area contributed by atoms with Crippen LogP contribution in [0, 0.1) is 0 Å². The van der Waals surface area contributed by atoms with Crippen molar-refractivity contribution in [2.75, 3.05) is 0 Å². The summed E-state index contributed by atoms with van der Waals surface area (Å²) in [5.74, 6) is 0. The molecule has 0 unspecified atom stereocenters. The Morgan fingerprint density at radius 2 is 1.74 bits per heavy atom. The van der Waals surface area contributed by atoms with Crippen molar-refractivity contribution in [2.24, 2.45) is 0 Å². The Kier molecular flexibility index (Phi) is 3.02. The van der Waals surface area contributed by atoms with Gasteiger partial charge in [0, 0.05) is 10.9 Å². The number of hydrogen-bond donors (Lipinski definition) is 0. The lowest BCUT2D eigenvalue weighted by atomic mass is 10.2. The summed E-state index contributed by atoms with van der Waals surface area (Å²) in [5, 5.41) is 0.908. The highest BCUT2D eigenvalue weighted by Crippen LogP contribution is 2.19. The van der Waals surface area contributed by atoms with Crippen molar-refractivity contribution in [1.82, 2.24) is 4.73 Å². The van der Waals surface area contributed by atoms with Crippen molar-refractivity contribution < 1.29 is 9.63 Å². The number of hydrogen-bond acceptors (Lipinski definition) is 2. The first kappa shape index (κ1) is 11.5. The highest BCUT2D eigenvalue weighted by atomic mass is 16.7.